The number of hydrogen-bond acceptors (Lipinski definition) is 3. The maximum atomic E-state index is 6.03. The highest BCUT2D eigenvalue weighted by Gasteiger charge is 2.13. The average molecular weight is 357 g/mol. The summed E-state index contributed by atoms with van der Waals surface area (Å²) in [6.45, 7) is 0. The summed E-state index contributed by atoms with van der Waals surface area (Å²) in [7, 11) is 0. The number of rotatable bonds is 5. The molecular weight excluding hydrogens is 338 g/mol. The number of oxazole rings is 1. The summed E-state index contributed by atoms with van der Waals surface area (Å²) in [6.07, 6.45) is 6.44. The predicted molar refractivity (Wildman–Crippen MR) is 112 cm³/mol. The number of para-hydroxylation sites is 2. The molecule has 0 aliphatic rings. The van der Waals surface area contributed by atoms with Gasteiger partial charge in [0.15, 0.2) is 5.58 Å². The number of aromatic nitrogens is 1. The fourth-order valence-corrected chi connectivity index (χ4v) is 3.57. The number of fused-ring (bicyclic) bond motifs is 1. The van der Waals surface area contributed by atoms with Crippen LogP contribution in [0, 0.1) is 0 Å². The maximum Gasteiger partial charge on any atom is 0.227 e. The third-order valence-electron chi connectivity index (χ3n) is 4.26. The zero-order chi connectivity index (χ0) is 17.8. The number of thioether (sulfide) groups is 1. The van der Waals surface area contributed by atoms with Gasteiger partial charge in [-0.15, -0.1) is 0 Å². The molecule has 128 valence electrons. The molecule has 0 radical (unpaired) electrons. The van der Waals surface area contributed by atoms with E-state index in [4.69, 9.17) is 9.40 Å². The van der Waals surface area contributed by atoms with E-state index in [0.717, 1.165) is 28.0 Å². The summed E-state index contributed by atoms with van der Waals surface area (Å²) < 4.78 is 6.03. The second-order valence-corrected chi connectivity index (χ2v) is 6.91. The van der Waals surface area contributed by atoms with E-state index in [9.17, 15) is 0 Å². The van der Waals surface area contributed by atoms with E-state index in [-0.39, 0.29) is 0 Å². The summed E-state index contributed by atoms with van der Waals surface area (Å²) in [6, 6.07) is 24.6. The van der Waals surface area contributed by atoms with Gasteiger partial charge in [-0.3, -0.25) is 0 Å². The molecule has 0 atom stereocenters. The first-order chi connectivity index (χ1) is 12.8. The molecule has 0 spiro atoms. The standard InChI is InChI=1S/C23H19NOS/c1-26-16-18-10-7-11-20(19(18)15-14-17-8-3-2-4-9-17)23-24-21-12-5-6-13-22(21)25-23/h2-15H,16H2,1H3. The molecule has 2 nitrogen and oxygen atoms in total. The van der Waals surface area contributed by atoms with E-state index in [2.05, 4.69) is 60.9 Å². The van der Waals surface area contributed by atoms with Crippen LogP contribution in [-0.2, 0) is 5.75 Å². The molecule has 1 heterocycles. The van der Waals surface area contributed by atoms with Gasteiger partial charge in [-0.05, 0) is 41.1 Å². The summed E-state index contributed by atoms with van der Waals surface area (Å²) >= 11 is 1.81. The normalized spacial score (nSPS) is 11.4. The summed E-state index contributed by atoms with van der Waals surface area (Å²) in [5.74, 6) is 1.62. The monoisotopic (exact) mass is 357 g/mol. The van der Waals surface area contributed by atoms with Crippen LogP contribution >= 0.6 is 11.8 Å². The molecule has 0 aliphatic heterocycles. The molecule has 0 aliphatic carbocycles. The molecular formula is C23H19NOS. The molecule has 0 saturated carbocycles. The minimum atomic E-state index is 0.668. The van der Waals surface area contributed by atoms with Crippen LogP contribution in [0.15, 0.2) is 77.2 Å². The van der Waals surface area contributed by atoms with Crippen LogP contribution < -0.4 is 0 Å². The van der Waals surface area contributed by atoms with Gasteiger partial charge in [0.05, 0.1) is 0 Å². The van der Waals surface area contributed by atoms with Crippen LogP contribution in [0.5, 0.6) is 0 Å². The molecule has 0 bridgehead atoms. The quantitative estimate of drug-likeness (QED) is 0.380. The van der Waals surface area contributed by atoms with Crippen molar-refractivity contribution in [3.8, 4) is 11.5 Å². The number of benzene rings is 3. The Morgan fingerprint density at radius 2 is 1.69 bits per heavy atom. The van der Waals surface area contributed by atoms with Gasteiger partial charge in [0.2, 0.25) is 5.89 Å². The van der Waals surface area contributed by atoms with Gasteiger partial charge < -0.3 is 4.42 Å². The number of hydrogen-bond donors (Lipinski definition) is 0. The molecule has 0 unspecified atom stereocenters. The van der Waals surface area contributed by atoms with Crippen LogP contribution in [0.4, 0.5) is 0 Å². The van der Waals surface area contributed by atoms with Crippen LogP contribution in [-0.4, -0.2) is 11.2 Å². The summed E-state index contributed by atoms with van der Waals surface area (Å²) in [5, 5.41) is 0. The Bertz CT molecular complexity index is 1020. The van der Waals surface area contributed by atoms with Crippen LogP contribution in [0.3, 0.4) is 0 Å². The fourth-order valence-electron chi connectivity index (χ4n) is 3.01. The topological polar surface area (TPSA) is 26.0 Å². The van der Waals surface area contributed by atoms with Crippen molar-refractivity contribution in [2.24, 2.45) is 0 Å². The fraction of sp³-hybridized carbons (Fsp3) is 0.0870. The molecule has 1 aromatic heterocycles. The van der Waals surface area contributed by atoms with E-state index in [0.29, 0.717) is 5.89 Å². The van der Waals surface area contributed by atoms with E-state index in [1.54, 1.807) is 0 Å². The van der Waals surface area contributed by atoms with Gasteiger partial charge in [-0.25, -0.2) is 4.98 Å². The smallest absolute Gasteiger partial charge is 0.227 e. The predicted octanol–water partition coefficient (Wildman–Crippen LogP) is 6.53. The van der Waals surface area contributed by atoms with Crippen LogP contribution in [0.2, 0.25) is 0 Å². The molecule has 4 aromatic rings. The van der Waals surface area contributed by atoms with Gasteiger partial charge in [-0.1, -0.05) is 66.7 Å². The Kier molecular flexibility index (Phi) is 4.89. The van der Waals surface area contributed by atoms with Gasteiger partial charge in [-0.2, -0.15) is 11.8 Å². The molecule has 3 heteroatoms. The van der Waals surface area contributed by atoms with Gasteiger partial charge in [0, 0.05) is 11.3 Å². The van der Waals surface area contributed by atoms with Crippen molar-refractivity contribution in [1.82, 2.24) is 4.98 Å². The zero-order valence-electron chi connectivity index (χ0n) is 14.6. The molecule has 3 aromatic carbocycles. The highest BCUT2D eigenvalue weighted by atomic mass is 32.2. The Labute approximate surface area is 157 Å². The lowest BCUT2D eigenvalue weighted by molar-refractivity contribution is 0.619. The van der Waals surface area contributed by atoms with Crippen molar-refractivity contribution >= 4 is 35.0 Å². The van der Waals surface area contributed by atoms with Crippen LogP contribution in [0.1, 0.15) is 16.7 Å². The average Bonchev–Trinajstić information content (AvgIpc) is 3.12. The lowest BCUT2D eigenvalue weighted by Gasteiger charge is -2.09. The summed E-state index contributed by atoms with van der Waals surface area (Å²) in [5.41, 5.74) is 6.35. The molecule has 0 N–H and O–H groups in total. The third kappa shape index (κ3) is 3.44. The van der Waals surface area contributed by atoms with E-state index in [1.165, 1.54) is 11.1 Å². The van der Waals surface area contributed by atoms with Crippen molar-refractivity contribution in [3.63, 3.8) is 0 Å². The Morgan fingerprint density at radius 3 is 2.50 bits per heavy atom. The summed E-state index contributed by atoms with van der Waals surface area (Å²) in [4.78, 5) is 4.69. The highest BCUT2D eigenvalue weighted by Crippen LogP contribution is 2.31. The second-order valence-electron chi connectivity index (χ2n) is 6.04. The lowest BCUT2D eigenvalue weighted by atomic mass is 10.0. The van der Waals surface area contributed by atoms with E-state index in [1.807, 2.05) is 42.1 Å². The third-order valence-corrected chi connectivity index (χ3v) is 4.86. The van der Waals surface area contributed by atoms with Crippen LogP contribution in [0.25, 0.3) is 34.7 Å². The van der Waals surface area contributed by atoms with Crippen molar-refractivity contribution in [2.45, 2.75) is 5.75 Å². The maximum absolute atomic E-state index is 6.03. The minimum Gasteiger partial charge on any atom is -0.436 e. The molecule has 4 rings (SSSR count). The van der Waals surface area contributed by atoms with E-state index < -0.39 is 0 Å². The largest absolute Gasteiger partial charge is 0.436 e. The first kappa shape index (κ1) is 16.7. The van der Waals surface area contributed by atoms with Gasteiger partial charge in [0.25, 0.3) is 0 Å². The first-order valence-corrected chi connectivity index (χ1v) is 9.94. The van der Waals surface area contributed by atoms with Crippen molar-refractivity contribution in [1.29, 1.82) is 0 Å². The molecule has 0 fully saturated rings. The molecule has 0 amide bonds. The van der Waals surface area contributed by atoms with Crippen molar-refractivity contribution in [3.05, 3.63) is 89.5 Å². The Balaban J connectivity index is 1.83. The van der Waals surface area contributed by atoms with Crippen molar-refractivity contribution in [2.75, 3.05) is 6.26 Å². The highest BCUT2D eigenvalue weighted by molar-refractivity contribution is 7.97. The Morgan fingerprint density at radius 1 is 0.885 bits per heavy atom. The molecule has 26 heavy (non-hydrogen) atoms. The number of nitrogens with zero attached hydrogens (tertiary/aromatic N) is 1. The minimum absolute atomic E-state index is 0.668. The zero-order valence-corrected chi connectivity index (χ0v) is 15.4. The Hall–Kier alpha value is -2.78. The lowest BCUT2D eigenvalue weighted by Crippen LogP contribution is -1.91. The SMILES string of the molecule is CSCc1cccc(-c2nc3ccccc3o2)c1C=Cc1ccccc1. The van der Waals surface area contributed by atoms with E-state index >= 15 is 0 Å². The van der Waals surface area contributed by atoms with Gasteiger partial charge >= 0.3 is 0 Å². The van der Waals surface area contributed by atoms with Gasteiger partial charge in [0.1, 0.15) is 5.52 Å². The molecule has 0 saturated heterocycles. The first-order valence-electron chi connectivity index (χ1n) is 8.55. The van der Waals surface area contributed by atoms with Crippen molar-refractivity contribution < 1.29 is 4.42 Å². The second kappa shape index (κ2) is 7.63.